The van der Waals surface area contributed by atoms with E-state index in [0.29, 0.717) is 17.0 Å². The quantitative estimate of drug-likeness (QED) is 0.882. The van der Waals surface area contributed by atoms with E-state index in [1.54, 1.807) is 25.1 Å². The molecule has 2 aromatic carbocycles. The lowest BCUT2D eigenvalue weighted by atomic mass is 10.1. The second-order valence-corrected chi connectivity index (χ2v) is 6.27. The van der Waals surface area contributed by atoms with E-state index in [-0.39, 0.29) is 10.5 Å². The lowest BCUT2D eigenvalue weighted by molar-refractivity contribution is 0.0696. The summed E-state index contributed by atoms with van der Waals surface area (Å²) in [5, 5.41) is 8.99. The highest BCUT2D eigenvalue weighted by Crippen LogP contribution is 2.23. The molecule has 0 aliphatic rings. The van der Waals surface area contributed by atoms with Gasteiger partial charge in [-0.2, -0.15) is 0 Å². The van der Waals surface area contributed by atoms with E-state index in [2.05, 4.69) is 4.72 Å². The van der Waals surface area contributed by atoms with Crippen LogP contribution in [0.1, 0.15) is 15.9 Å². The maximum atomic E-state index is 12.5. The molecular weight excluding hydrogens is 306 g/mol. The largest absolute Gasteiger partial charge is 0.497 e. The third-order valence-electron chi connectivity index (χ3n) is 3.05. The minimum atomic E-state index is -3.89. The Labute approximate surface area is 128 Å². The zero-order valence-corrected chi connectivity index (χ0v) is 12.8. The first-order chi connectivity index (χ1) is 10.3. The number of aromatic carboxylic acids is 1. The second kappa shape index (κ2) is 6.07. The number of hydrogen-bond donors (Lipinski definition) is 2. The number of hydrogen-bond acceptors (Lipinski definition) is 4. The Morgan fingerprint density at radius 3 is 2.55 bits per heavy atom. The third kappa shape index (κ3) is 3.37. The summed E-state index contributed by atoms with van der Waals surface area (Å²) in [7, 11) is -2.41. The molecular formula is C15H15NO5S. The molecule has 0 saturated heterocycles. The number of ether oxygens (including phenoxy) is 1. The molecule has 0 amide bonds. The van der Waals surface area contributed by atoms with E-state index in [0.717, 1.165) is 6.07 Å². The van der Waals surface area contributed by atoms with Crippen molar-refractivity contribution in [3.05, 3.63) is 53.6 Å². The van der Waals surface area contributed by atoms with Gasteiger partial charge in [0.25, 0.3) is 10.0 Å². The first kappa shape index (κ1) is 15.8. The van der Waals surface area contributed by atoms with Crippen molar-refractivity contribution in [2.45, 2.75) is 11.8 Å². The molecule has 2 N–H and O–H groups in total. The number of benzene rings is 2. The molecule has 0 aliphatic heterocycles. The number of methoxy groups -OCH3 is 1. The molecule has 2 rings (SSSR count). The van der Waals surface area contributed by atoms with Gasteiger partial charge >= 0.3 is 5.97 Å². The average molecular weight is 321 g/mol. The molecule has 0 unspecified atom stereocenters. The first-order valence-electron chi connectivity index (χ1n) is 6.34. The van der Waals surface area contributed by atoms with Crippen molar-refractivity contribution in [3.63, 3.8) is 0 Å². The molecule has 0 aliphatic carbocycles. The fourth-order valence-electron chi connectivity index (χ4n) is 1.92. The molecule has 0 fully saturated rings. The summed E-state index contributed by atoms with van der Waals surface area (Å²) in [6.07, 6.45) is 0. The third-order valence-corrected chi connectivity index (χ3v) is 4.57. The Morgan fingerprint density at radius 2 is 1.91 bits per heavy atom. The molecule has 0 spiro atoms. The zero-order valence-electron chi connectivity index (χ0n) is 12.0. The van der Waals surface area contributed by atoms with Crippen LogP contribution in [0.5, 0.6) is 5.75 Å². The van der Waals surface area contributed by atoms with E-state index in [1.807, 2.05) is 0 Å². The van der Waals surface area contributed by atoms with Crippen LogP contribution in [-0.2, 0) is 10.0 Å². The number of carboxylic acid groups (broad SMARTS) is 1. The minimum Gasteiger partial charge on any atom is -0.497 e. The molecule has 0 saturated carbocycles. The maximum absolute atomic E-state index is 12.5. The summed E-state index contributed by atoms with van der Waals surface area (Å²) in [4.78, 5) is 10.9. The van der Waals surface area contributed by atoms with Crippen LogP contribution in [0.4, 0.5) is 5.69 Å². The molecule has 116 valence electrons. The highest BCUT2D eigenvalue weighted by Gasteiger charge is 2.19. The van der Waals surface area contributed by atoms with Crippen molar-refractivity contribution in [1.29, 1.82) is 0 Å². The van der Waals surface area contributed by atoms with Crippen molar-refractivity contribution in [2.75, 3.05) is 11.8 Å². The molecule has 22 heavy (non-hydrogen) atoms. The van der Waals surface area contributed by atoms with Crippen LogP contribution in [0.3, 0.4) is 0 Å². The van der Waals surface area contributed by atoms with Crippen molar-refractivity contribution in [2.24, 2.45) is 0 Å². The highest BCUT2D eigenvalue weighted by atomic mass is 32.2. The van der Waals surface area contributed by atoms with Gasteiger partial charge in [-0.1, -0.05) is 12.1 Å². The zero-order chi connectivity index (χ0) is 16.3. The monoisotopic (exact) mass is 321 g/mol. The molecule has 0 bridgehead atoms. The summed E-state index contributed by atoms with van der Waals surface area (Å²) in [6, 6.07) is 10.4. The van der Waals surface area contributed by atoms with Gasteiger partial charge in [-0.15, -0.1) is 0 Å². The lowest BCUT2D eigenvalue weighted by Gasteiger charge is -2.12. The molecule has 0 radical (unpaired) electrons. The highest BCUT2D eigenvalue weighted by molar-refractivity contribution is 7.92. The summed E-state index contributed by atoms with van der Waals surface area (Å²) < 4.78 is 32.4. The van der Waals surface area contributed by atoms with Gasteiger partial charge in [0, 0.05) is 6.07 Å². The molecule has 0 heterocycles. The number of nitrogens with one attached hydrogen (secondary N) is 1. The molecule has 0 aromatic heterocycles. The number of carboxylic acids is 1. The van der Waals surface area contributed by atoms with Crippen molar-refractivity contribution >= 4 is 21.7 Å². The Balaban J connectivity index is 2.42. The number of carbonyl (C=O) groups is 1. The van der Waals surface area contributed by atoms with Crippen LogP contribution in [-0.4, -0.2) is 26.6 Å². The van der Waals surface area contributed by atoms with Crippen LogP contribution >= 0.6 is 0 Å². The lowest BCUT2D eigenvalue weighted by Crippen LogP contribution is -2.15. The van der Waals surface area contributed by atoms with Crippen molar-refractivity contribution in [3.8, 4) is 5.75 Å². The topological polar surface area (TPSA) is 92.7 Å². The smallest absolute Gasteiger partial charge is 0.335 e. The predicted octanol–water partition coefficient (Wildman–Crippen LogP) is 2.50. The Hall–Kier alpha value is -2.54. The fraction of sp³-hybridized carbons (Fsp3) is 0.133. The van der Waals surface area contributed by atoms with Gasteiger partial charge in [0.15, 0.2) is 0 Å². The summed E-state index contributed by atoms with van der Waals surface area (Å²) >= 11 is 0. The van der Waals surface area contributed by atoms with Crippen molar-refractivity contribution < 1.29 is 23.1 Å². The molecule has 7 heteroatoms. The normalized spacial score (nSPS) is 11.0. The number of sulfonamides is 1. The Bertz CT molecular complexity index is 814. The Morgan fingerprint density at radius 1 is 1.18 bits per heavy atom. The fourth-order valence-corrected chi connectivity index (χ4v) is 3.24. The summed E-state index contributed by atoms with van der Waals surface area (Å²) in [5.41, 5.74) is 0.705. The van der Waals surface area contributed by atoms with Crippen LogP contribution in [0.15, 0.2) is 47.4 Å². The van der Waals surface area contributed by atoms with E-state index < -0.39 is 16.0 Å². The van der Waals surface area contributed by atoms with Crippen LogP contribution < -0.4 is 9.46 Å². The predicted molar refractivity (Wildman–Crippen MR) is 81.9 cm³/mol. The average Bonchev–Trinajstić information content (AvgIpc) is 2.47. The number of anilines is 1. The minimum absolute atomic E-state index is 0.0739. The van der Waals surface area contributed by atoms with Crippen LogP contribution in [0.25, 0.3) is 0 Å². The van der Waals surface area contributed by atoms with E-state index in [9.17, 15) is 13.2 Å². The van der Waals surface area contributed by atoms with E-state index in [4.69, 9.17) is 9.84 Å². The SMILES string of the molecule is COc1cccc(NS(=O)(=O)c2cc(C(=O)O)ccc2C)c1. The number of aryl methyl sites for hydroxylation is 1. The standard InChI is InChI=1S/C15H15NO5S/c1-10-6-7-11(15(17)18)8-14(10)22(19,20)16-12-4-3-5-13(9-12)21-2/h3-9,16H,1-2H3,(H,17,18). The van der Waals surface area contributed by atoms with Gasteiger partial charge in [-0.25, -0.2) is 13.2 Å². The van der Waals surface area contributed by atoms with Crippen LogP contribution in [0, 0.1) is 6.92 Å². The maximum Gasteiger partial charge on any atom is 0.335 e. The summed E-state index contributed by atoms with van der Waals surface area (Å²) in [5.74, 6) is -0.672. The van der Waals surface area contributed by atoms with Gasteiger partial charge in [0.1, 0.15) is 5.75 Å². The van der Waals surface area contributed by atoms with Gasteiger partial charge in [-0.05, 0) is 36.8 Å². The van der Waals surface area contributed by atoms with Crippen molar-refractivity contribution in [1.82, 2.24) is 0 Å². The first-order valence-corrected chi connectivity index (χ1v) is 7.82. The van der Waals surface area contributed by atoms with Gasteiger partial charge in [0.2, 0.25) is 0 Å². The van der Waals surface area contributed by atoms with E-state index >= 15 is 0 Å². The second-order valence-electron chi connectivity index (χ2n) is 4.62. The molecule has 0 atom stereocenters. The van der Waals surface area contributed by atoms with Gasteiger partial charge in [0.05, 0.1) is 23.3 Å². The molecule has 6 nitrogen and oxygen atoms in total. The van der Waals surface area contributed by atoms with Gasteiger partial charge in [-0.3, -0.25) is 4.72 Å². The molecule has 2 aromatic rings. The summed E-state index contributed by atoms with van der Waals surface area (Å²) in [6.45, 7) is 1.60. The van der Waals surface area contributed by atoms with Crippen LogP contribution in [0.2, 0.25) is 0 Å². The van der Waals surface area contributed by atoms with E-state index in [1.165, 1.54) is 25.3 Å². The Kier molecular flexibility index (Phi) is 4.37. The number of rotatable bonds is 5. The van der Waals surface area contributed by atoms with Gasteiger partial charge < -0.3 is 9.84 Å².